The van der Waals surface area contributed by atoms with Crippen LogP contribution in [0.15, 0.2) is 18.2 Å². The van der Waals surface area contributed by atoms with Crippen LogP contribution in [-0.2, 0) is 4.74 Å². The molecule has 0 bridgehead atoms. The molecule has 0 aliphatic carbocycles. The van der Waals surface area contributed by atoms with Crippen LogP contribution in [0.1, 0.15) is 37.9 Å². The minimum absolute atomic E-state index is 0.0867. The predicted octanol–water partition coefficient (Wildman–Crippen LogP) is 3.53. The van der Waals surface area contributed by atoms with Crippen molar-refractivity contribution in [3.8, 4) is 0 Å². The maximum Gasteiger partial charge on any atom is 0.410 e. The molecule has 1 aliphatic rings. The topological polar surface area (TPSA) is 41.6 Å². The first-order chi connectivity index (χ1) is 9.74. The first-order valence-electron chi connectivity index (χ1n) is 7.23. The number of benzene rings is 1. The van der Waals surface area contributed by atoms with Gasteiger partial charge >= 0.3 is 6.09 Å². The van der Waals surface area contributed by atoms with Crippen molar-refractivity contribution in [3.63, 3.8) is 0 Å². The number of ether oxygens (including phenoxy) is 1. The average molecular weight is 311 g/mol. The smallest absolute Gasteiger partial charge is 0.410 e. The largest absolute Gasteiger partial charge is 0.444 e. The minimum atomic E-state index is -0.468. The molecule has 1 N–H and O–H groups in total. The van der Waals surface area contributed by atoms with E-state index in [1.54, 1.807) is 4.90 Å². The van der Waals surface area contributed by atoms with E-state index in [1.165, 1.54) is 0 Å². The van der Waals surface area contributed by atoms with Gasteiger partial charge < -0.3 is 15.0 Å². The van der Waals surface area contributed by atoms with E-state index >= 15 is 0 Å². The van der Waals surface area contributed by atoms with Gasteiger partial charge in [-0.3, -0.25) is 0 Å². The van der Waals surface area contributed by atoms with E-state index < -0.39 is 5.60 Å². The fraction of sp³-hybridized carbons (Fsp3) is 0.562. The van der Waals surface area contributed by atoms with Crippen molar-refractivity contribution >= 4 is 17.7 Å². The summed E-state index contributed by atoms with van der Waals surface area (Å²) in [6.07, 6.45) is -0.257. The lowest BCUT2D eigenvalue weighted by atomic mass is 10.0. The Morgan fingerprint density at radius 3 is 2.71 bits per heavy atom. The summed E-state index contributed by atoms with van der Waals surface area (Å²) >= 11 is 6.12. The van der Waals surface area contributed by atoms with Gasteiger partial charge in [0.1, 0.15) is 5.60 Å². The lowest BCUT2D eigenvalue weighted by Crippen LogP contribution is -2.49. The Labute approximate surface area is 131 Å². The van der Waals surface area contributed by atoms with Gasteiger partial charge in [0.25, 0.3) is 0 Å². The number of carbonyl (C=O) groups excluding carboxylic acids is 1. The highest BCUT2D eigenvalue weighted by atomic mass is 35.5. The second-order valence-electron chi connectivity index (χ2n) is 6.49. The number of carbonyl (C=O) groups is 1. The molecule has 0 saturated carbocycles. The molecule has 1 aromatic carbocycles. The normalized spacial score (nSPS) is 19.5. The van der Waals surface area contributed by atoms with Crippen LogP contribution >= 0.6 is 11.6 Å². The first-order valence-corrected chi connectivity index (χ1v) is 7.61. The predicted molar refractivity (Wildman–Crippen MR) is 84.7 cm³/mol. The van der Waals surface area contributed by atoms with Crippen LogP contribution in [0.25, 0.3) is 0 Å². The van der Waals surface area contributed by atoms with Gasteiger partial charge in [0, 0.05) is 24.7 Å². The van der Waals surface area contributed by atoms with Crippen molar-refractivity contribution in [2.45, 2.75) is 39.3 Å². The van der Waals surface area contributed by atoms with Crippen molar-refractivity contribution < 1.29 is 9.53 Å². The van der Waals surface area contributed by atoms with Gasteiger partial charge in [-0.25, -0.2) is 4.79 Å². The minimum Gasteiger partial charge on any atom is -0.444 e. The van der Waals surface area contributed by atoms with Crippen molar-refractivity contribution in [3.05, 3.63) is 34.3 Å². The van der Waals surface area contributed by atoms with Crippen LogP contribution in [0.5, 0.6) is 0 Å². The van der Waals surface area contributed by atoms with E-state index in [0.29, 0.717) is 13.1 Å². The zero-order valence-corrected chi connectivity index (χ0v) is 13.8. The average Bonchev–Trinajstić information content (AvgIpc) is 2.36. The van der Waals surface area contributed by atoms with E-state index in [4.69, 9.17) is 16.3 Å². The monoisotopic (exact) mass is 310 g/mol. The third kappa shape index (κ3) is 4.61. The summed E-state index contributed by atoms with van der Waals surface area (Å²) in [6, 6.07) is 6.07. The van der Waals surface area contributed by atoms with Crippen molar-refractivity contribution in [2.24, 2.45) is 0 Å². The summed E-state index contributed by atoms with van der Waals surface area (Å²) in [4.78, 5) is 13.9. The zero-order valence-electron chi connectivity index (χ0n) is 13.1. The lowest BCUT2D eigenvalue weighted by Gasteiger charge is -2.35. The van der Waals surface area contributed by atoms with E-state index in [0.717, 1.165) is 22.7 Å². The Morgan fingerprint density at radius 2 is 2.10 bits per heavy atom. The number of rotatable bonds is 1. The maximum atomic E-state index is 12.2. The summed E-state index contributed by atoms with van der Waals surface area (Å²) in [6.45, 7) is 9.65. The molecule has 0 spiro atoms. The molecular weight excluding hydrogens is 288 g/mol. The second kappa shape index (κ2) is 6.24. The van der Waals surface area contributed by atoms with Crippen LogP contribution < -0.4 is 5.32 Å². The molecule has 5 heteroatoms. The van der Waals surface area contributed by atoms with Gasteiger partial charge in [-0.1, -0.05) is 17.7 Å². The Kier molecular flexibility index (Phi) is 4.79. The molecule has 4 nitrogen and oxygen atoms in total. The zero-order chi connectivity index (χ0) is 15.6. The molecule has 2 rings (SSSR count). The fourth-order valence-electron chi connectivity index (χ4n) is 2.43. The van der Waals surface area contributed by atoms with Crippen LogP contribution in [0.4, 0.5) is 4.79 Å². The van der Waals surface area contributed by atoms with Gasteiger partial charge in [0.2, 0.25) is 0 Å². The van der Waals surface area contributed by atoms with E-state index in [1.807, 2.05) is 39.8 Å². The number of amides is 1. The molecule has 1 fully saturated rings. The summed E-state index contributed by atoms with van der Waals surface area (Å²) < 4.78 is 5.44. The van der Waals surface area contributed by atoms with Crippen molar-refractivity contribution in [2.75, 3.05) is 19.6 Å². The quantitative estimate of drug-likeness (QED) is 0.863. The maximum absolute atomic E-state index is 12.2. The molecule has 1 unspecified atom stereocenters. The molecule has 1 heterocycles. The number of piperazine rings is 1. The molecule has 1 aliphatic heterocycles. The summed E-state index contributed by atoms with van der Waals surface area (Å²) in [5, 5.41) is 4.15. The van der Waals surface area contributed by atoms with E-state index in [-0.39, 0.29) is 12.1 Å². The van der Waals surface area contributed by atoms with Crippen LogP contribution in [-0.4, -0.2) is 36.2 Å². The standard InChI is InChI=1S/C16H23ClN2O2/c1-11-7-12(9-13(17)8-11)14-10-19(6-5-18-14)15(20)21-16(2,3)4/h7-9,14,18H,5-6,10H2,1-4H3. The second-order valence-corrected chi connectivity index (χ2v) is 6.93. The third-order valence-corrected chi connectivity index (χ3v) is 3.51. The molecule has 21 heavy (non-hydrogen) atoms. The third-order valence-electron chi connectivity index (χ3n) is 3.29. The molecule has 1 aromatic rings. The summed E-state index contributed by atoms with van der Waals surface area (Å²) in [5.74, 6) is 0. The molecule has 0 radical (unpaired) electrons. The highest BCUT2D eigenvalue weighted by Crippen LogP contribution is 2.23. The fourth-order valence-corrected chi connectivity index (χ4v) is 2.73. The molecule has 1 atom stereocenters. The van der Waals surface area contributed by atoms with Gasteiger partial charge in [-0.2, -0.15) is 0 Å². The van der Waals surface area contributed by atoms with E-state index in [9.17, 15) is 4.79 Å². The lowest BCUT2D eigenvalue weighted by molar-refractivity contribution is 0.0195. The molecule has 1 amide bonds. The Morgan fingerprint density at radius 1 is 1.38 bits per heavy atom. The highest BCUT2D eigenvalue weighted by Gasteiger charge is 2.28. The number of halogens is 1. The molecule has 1 saturated heterocycles. The van der Waals surface area contributed by atoms with Crippen LogP contribution in [0, 0.1) is 6.92 Å². The van der Waals surface area contributed by atoms with Crippen molar-refractivity contribution in [1.82, 2.24) is 10.2 Å². The highest BCUT2D eigenvalue weighted by molar-refractivity contribution is 6.30. The van der Waals surface area contributed by atoms with Crippen LogP contribution in [0.2, 0.25) is 5.02 Å². The number of aryl methyl sites for hydroxylation is 1. The molecule has 0 aromatic heterocycles. The van der Waals surface area contributed by atoms with Gasteiger partial charge in [-0.05, 0) is 51.0 Å². The Bertz CT molecular complexity index is 505. The summed E-state index contributed by atoms with van der Waals surface area (Å²) in [5.41, 5.74) is 1.76. The first kappa shape index (κ1) is 16.1. The van der Waals surface area contributed by atoms with Crippen LogP contribution in [0.3, 0.4) is 0 Å². The molecular formula is C16H23ClN2O2. The van der Waals surface area contributed by atoms with Crippen molar-refractivity contribution in [1.29, 1.82) is 0 Å². The molecule has 116 valence electrons. The van der Waals surface area contributed by atoms with E-state index in [2.05, 4.69) is 11.4 Å². The number of nitrogens with zero attached hydrogens (tertiary/aromatic N) is 1. The SMILES string of the molecule is Cc1cc(Cl)cc(C2CN(C(=O)OC(C)(C)C)CCN2)c1. The Balaban J connectivity index is 2.08. The summed E-state index contributed by atoms with van der Waals surface area (Å²) in [7, 11) is 0. The van der Waals surface area contributed by atoms with Gasteiger partial charge in [0.05, 0.1) is 6.04 Å². The van der Waals surface area contributed by atoms with Gasteiger partial charge in [-0.15, -0.1) is 0 Å². The number of hydrogen-bond donors (Lipinski definition) is 1. The number of hydrogen-bond acceptors (Lipinski definition) is 3. The number of nitrogens with one attached hydrogen (secondary N) is 1. The Hall–Kier alpha value is -1.26. The van der Waals surface area contributed by atoms with Gasteiger partial charge in [0.15, 0.2) is 0 Å².